The largest absolute Gasteiger partial charge is 0.381 e. The van der Waals surface area contributed by atoms with E-state index in [1.165, 1.54) is 11.3 Å². The number of ether oxygens (including phenoxy) is 1. The van der Waals surface area contributed by atoms with Crippen molar-refractivity contribution in [3.63, 3.8) is 0 Å². The number of nitrogens with one attached hydrogen (secondary N) is 2. The smallest absolute Gasteiger partial charge is 0.321 e. The molecule has 26 heavy (non-hydrogen) atoms. The predicted molar refractivity (Wildman–Crippen MR) is 104 cm³/mol. The monoisotopic (exact) mass is 372 g/mol. The maximum atomic E-state index is 11.9. The van der Waals surface area contributed by atoms with Gasteiger partial charge < -0.3 is 10.1 Å². The number of hydrogen-bond donors (Lipinski definition) is 2. The molecule has 0 aliphatic heterocycles. The van der Waals surface area contributed by atoms with Crippen LogP contribution in [0.1, 0.15) is 42.3 Å². The van der Waals surface area contributed by atoms with Gasteiger partial charge in [0, 0.05) is 37.7 Å². The van der Waals surface area contributed by atoms with Gasteiger partial charge in [0.05, 0.1) is 5.69 Å². The first-order valence-corrected chi connectivity index (χ1v) is 9.52. The molecule has 6 nitrogen and oxygen atoms in total. The van der Waals surface area contributed by atoms with Gasteiger partial charge in [-0.1, -0.05) is 30.6 Å². The fraction of sp³-hybridized carbons (Fsp3) is 0.421. The molecule has 0 spiro atoms. The number of urea groups is 1. The third kappa shape index (κ3) is 7.21. The molecule has 138 valence electrons. The molecule has 0 saturated heterocycles. The van der Waals surface area contributed by atoms with Crippen LogP contribution in [-0.4, -0.2) is 35.8 Å². The van der Waals surface area contributed by atoms with Crippen molar-refractivity contribution in [3.8, 4) is 11.8 Å². The van der Waals surface area contributed by atoms with Gasteiger partial charge in [0.25, 0.3) is 0 Å². The SMILES string of the molecule is CCCCOCCCNC(=O)Nc1nc(C)c(C#Cc2ccncc2)s1. The lowest BCUT2D eigenvalue weighted by Gasteiger charge is -2.06. The van der Waals surface area contributed by atoms with E-state index >= 15 is 0 Å². The van der Waals surface area contributed by atoms with Gasteiger partial charge in [-0.25, -0.2) is 9.78 Å². The zero-order valence-electron chi connectivity index (χ0n) is 15.2. The van der Waals surface area contributed by atoms with Gasteiger partial charge in [-0.2, -0.15) is 0 Å². The number of thiazole rings is 1. The standard InChI is InChI=1S/C19H24N4O2S/c1-3-4-13-25-14-5-10-21-18(24)23-19-22-15(2)17(26-19)7-6-16-8-11-20-12-9-16/h8-9,11-12H,3-5,10,13-14H2,1-2H3,(H2,21,22,23,24). The Balaban J connectivity index is 1.76. The van der Waals surface area contributed by atoms with Gasteiger partial charge >= 0.3 is 6.03 Å². The molecule has 7 heteroatoms. The molecule has 0 aliphatic rings. The molecule has 2 aromatic rings. The van der Waals surface area contributed by atoms with Crippen LogP contribution in [0.2, 0.25) is 0 Å². The van der Waals surface area contributed by atoms with E-state index in [2.05, 4.69) is 39.4 Å². The Morgan fingerprint density at radius 3 is 2.77 bits per heavy atom. The average molecular weight is 372 g/mol. The number of rotatable bonds is 8. The van der Waals surface area contributed by atoms with E-state index < -0.39 is 0 Å². The minimum absolute atomic E-state index is 0.263. The highest BCUT2D eigenvalue weighted by Gasteiger charge is 2.08. The summed E-state index contributed by atoms with van der Waals surface area (Å²) in [7, 11) is 0. The number of hydrogen-bond acceptors (Lipinski definition) is 5. The molecule has 0 atom stereocenters. The van der Waals surface area contributed by atoms with Crippen LogP contribution in [0.15, 0.2) is 24.5 Å². The van der Waals surface area contributed by atoms with Crippen LogP contribution in [-0.2, 0) is 4.74 Å². The lowest BCUT2D eigenvalue weighted by molar-refractivity contribution is 0.129. The maximum absolute atomic E-state index is 11.9. The molecular formula is C19H24N4O2S. The van der Waals surface area contributed by atoms with Crippen molar-refractivity contribution in [1.29, 1.82) is 0 Å². The predicted octanol–water partition coefficient (Wildman–Crippen LogP) is 3.57. The number of anilines is 1. The van der Waals surface area contributed by atoms with Crippen LogP contribution >= 0.6 is 11.3 Å². The van der Waals surface area contributed by atoms with Crippen molar-refractivity contribution in [1.82, 2.24) is 15.3 Å². The van der Waals surface area contributed by atoms with Crippen LogP contribution in [0.25, 0.3) is 0 Å². The first-order valence-electron chi connectivity index (χ1n) is 8.71. The Morgan fingerprint density at radius 1 is 1.23 bits per heavy atom. The molecule has 2 amide bonds. The fourth-order valence-electron chi connectivity index (χ4n) is 2.00. The topological polar surface area (TPSA) is 76.1 Å². The summed E-state index contributed by atoms with van der Waals surface area (Å²) in [6, 6.07) is 3.44. The van der Waals surface area contributed by atoms with Crippen LogP contribution in [0.4, 0.5) is 9.93 Å². The molecule has 2 heterocycles. The molecule has 0 fully saturated rings. The molecule has 0 saturated carbocycles. The highest BCUT2D eigenvalue weighted by molar-refractivity contribution is 7.16. The first-order chi connectivity index (χ1) is 12.7. The molecule has 0 aliphatic carbocycles. The number of nitrogens with zero attached hydrogens (tertiary/aromatic N) is 2. The minimum atomic E-state index is -0.263. The molecular weight excluding hydrogens is 348 g/mol. The van der Waals surface area contributed by atoms with E-state index in [1.54, 1.807) is 12.4 Å². The van der Waals surface area contributed by atoms with E-state index in [1.807, 2.05) is 19.1 Å². The van der Waals surface area contributed by atoms with Gasteiger partial charge in [0.1, 0.15) is 4.88 Å². The summed E-state index contributed by atoms with van der Waals surface area (Å²) in [6.07, 6.45) is 6.40. The third-order valence-corrected chi connectivity index (χ3v) is 4.40. The first kappa shape index (κ1) is 19.9. The normalized spacial score (nSPS) is 10.1. The number of carbonyl (C=O) groups excluding carboxylic acids is 1. The molecule has 2 N–H and O–H groups in total. The second-order valence-corrected chi connectivity index (χ2v) is 6.62. The van der Waals surface area contributed by atoms with Gasteiger partial charge in [-0.05, 0) is 37.8 Å². The lowest BCUT2D eigenvalue weighted by Crippen LogP contribution is -2.30. The summed E-state index contributed by atoms with van der Waals surface area (Å²) in [5.41, 5.74) is 1.69. The van der Waals surface area contributed by atoms with Crippen molar-refractivity contribution in [2.24, 2.45) is 0 Å². The van der Waals surface area contributed by atoms with Crippen LogP contribution in [0.3, 0.4) is 0 Å². The summed E-state index contributed by atoms with van der Waals surface area (Å²) < 4.78 is 5.46. The zero-order valence-corrected chi connectivity index (χ0v) is 16.0. The summed E-state index contributed by atoms with van der Waals surface area (Å²) in [4.78, 5) is 21.1. The fourth-order valence-corrected chi connectivity index (χ4v) is 2.81. The molecule has 2 aromatic heterocycles. The van der Waals surface area contributed by atoms with E-state index in [0.29, 0.717) is 18.3 Å². The third-order valence-electron chi connectivity index (χ3n) is 3.41. The number of aromatic nitrogens is 2. The van der Waals surface area contributed by atoms with Crippen molar-refractivity contribution in [3.05, 3.63) is 40.7 Å². The molecule has 0 unspecified atom stereocenters. The number of carbonyl (C=O) groups is 1. The quantitative estimate of drug-likeness (QED) is 0.549. The number of aryl methyl sites for hydroxylation is 1. The number of pyridine rings is 1. The maximum Gasteiger partial charge on any atom is 0.321 e. The summed E-state index contributed by atoms with van der Waals surface area (Å²) in [5, 5.41) is 6.09. The van der Waals surface area contributed by atoms with Crippen LogP contribution in [0.5, 0.6) is 0 Å². The Labute approximate surface area is 158 Å². The Kier molecular flexibility index (Phi) is 8.60. The summed E-state index contributed by atoms with van der Waals surface area (Å²) >= 11 is 1.36. The molecule has 0 aromatic carbocycles. The number of unbranched alkanes of at least 4 members (excludes halogenated alkanes) is 1. The van der Waals surface area contributed by atoms with Gasteiger partial charge in [0.2, 0.25) is 0 Å². The minimum Gasteiger partial charge on any atom is -0.381 e. The average Bonchev–Trinajstić information content (AvgIpc) is 2.99. The van der Waals surface area contributed by atoms with Crippen molar-refractivity contribution >= 4 is 22.5 Å². The second kappa shape index (κ2) is 11.2. The Morgan fingerprint density at radius 2 is 2.00 bits per heavy atom. The summed E-state index contributed by atoms with van der Waals surface area (Å²) in [5.74, 6) is 6.16. The van der Waals surface area contributed by atoms with Crippen molar-refractivity contribution < 1.29 is 9.53 Å². The molecule has 0 radical (unpaired) electrons. The zero-order chi connectivity index (χ0) is 18.6. The summed E-state index contributed by atoms with van der Waals surface area (Å²) in [6.45, 7) is 6.02. The highest BCUT2D eigenvalue weighted by Crippen LogP contribution is 2.21. The Hall–Kier alpha value is -2.43. The van der Waals surface area contributed by atoms with E-state index in [0.717, 1.165) is 42.0 Å². The van der Waals surface area contributed by atoms with Crippen molar-refractivity contribution in [2.75, 3.05) is 25.1 Å². The van der Waals surface area contributed by atoms with Crippen LogP contribution in [0, 0.1) is 18.8 Å². The van der Waals surface area contributed by atoms with Gasteiger partial charge in [-0.3, -0.25) is 10.3 Å². The van der Waals surface area contributed by atoms with E-state index in [9.17, 15) is 4.79 Å². The molecule has 2 rings (SSSR count). The van der Waals surface area contributed by atoms with E-state index in [4.69, 9.17) is 4.74 Å². The molecule has 0 bridgehead atoms. The van der Waals surface area contributed by atoms with Crippen molar-refractivity contribution in [2.45, 2.75) is 33.1 Å². The Bertz CT molecular complexity index is 750. The lowest BCUT2D eigenvalue weighted by atomic mass is 10.2. The van der Waals surface area contributed by atoms with E-state index in [-0.39, 0.29) is 6.03 Å². The highest BCUT2D eigenvalue weighted by atomic mass is 32.1. The van der Waals surface area contributed by atoms with Gasteiger partial charge in [0.15, 0.2) is 5.13 Å². The number of amides is 2. The second-order valence-electron chi connectivity index (χ2n) is 5.62. The van der Waals surface area contributed by atoms with Gasteiger partial charge in [-0.15, -0.1) is 0 Å². The van der Waals surface area contributed by atoms with Crippen LogP contribution < -0.4 is 10.6 Å².